The molecule has 30 heavy (non-hydrogen) atoms. The summed E-state index contributed by atoms with van der Waals surface area (Å²) in [6.07, 6.45) is 8.56. The predicted molar refractivity (Wildman–Crippen MR) is 111 cm³/mol. The Morgan fingerprint density at radius 1 is 1.23 bits per heavy atom. The molecule has 1 unspecified atom stereocenters. The van der Waals surface area contributed by atoms with Gasteiger partial charge >= 0.3 is 5.97 Å². The van der Waals surface area contributed by atoms with Gasteiger partial charge in [-0.15, -0.1) is 0 Å². The van der Waals surface area contributed by atoms with Crippen LogP contribution in [0.4, 0.5) is 0 Å². The van der Waals surface area contributed by atoms with Crippen molar-refractivity contribution in [1.29, 1.82) is 0 Å². The normalized spacial score (nSPS) is 42.0. The van der Waals surface area contributed by atoms with Crippen LogP contribution in [0.15, 0.2) is 35.5 Å². The van der Waals surface area contributed by atoms with E-state index in [-0.39, 0.29) is 53.5 Å². The number of fused-ring (bicyclic) bond motifs is 5. The fourth-order valence-corrected chi connectivity index (χ4v) is 7.23. The van der Waals surface area contributed by atoms with Gasteiger partial charge in [0.25, 0.3) is 0 Å². The van der Waals surface area contributed by atoms with Crippen LogP contribution < -0.4 is 0 Å². The number of allylic oxidation sites excluding steroid dienone is 6. The first kappa shape index (κ1) is 21.0. The summed E-state index contributed by atoms with van der Waals surface area (Å²) in [7, 11) is 0. The van der Waals surface area contributed by atoms with Gasteiger partial charge in [-0.25, -0.2) is 0 Å². The van der Waals surface area contributed by atoms with E-state index in [2.05, 4.69) is 26.8 Å². The Balaban J connectivity index is 1.74. The molecule has 2 fully saturated rings. The van der Waals surface area contributed by atoms with Crippen molar-refractivity contribution >= 4 is 23.3 Å². The molecule has 0 N–H and O–H groups in total. The minimum Gasteiger partial charge on any atom is -0.458 e. The largest absolute Gasteiger partial charge is 0.458 e. The van der Waals surface area contributed by atoms with Crippen molar-refractivity contribution in [3.05, 3.63) is 35.5 Å². The summed E-state index contributed by atoms with van der Waals surface area (Å²) in [6.45, 7) is 9.31. The van der Waals surface area contributed by atoms with Crippen LogP contribution in [0.3, 0.4) is 0 Å². The van der Waals surface area contributed by atoms with Crippen molar-refractivity contribution in [2.45, 2.75) is 47.5 Å². The van der Waals surface area contributed by atoms with Crippen LogP contribution in [0.25, 0.3) is 0 Å². The predicted octanol–water partition coefficient (Wildman–Crippen LogP) is 3.63. The quantitative estimate of drug-likeness (QED) is 0.664. The molecule has 0 amide bonds. The van der Waals surface area contributed by atoms with Crippen molar-refractivity contribution in [3.8, 4) is 0 Å². The van der Waals surface area contributed by atoms with E-state index in [9.17, 15) is 19.2 Å². The highest BCUT2D eigenvalue weighted by atomic mass is 16.5. The zero-order chi connectivity index (χ0) is 22.0. The van der Waals surface area contributed by atoms with Gasteiger partial charge in [0.05, 0.1) is 0 Å². The zero-order valence-corrected chi connectivity index (χ0v) is 18.4. The van der Waals surface area contributed by atoms with Gasteiger partial charge in [-0.2, -0.15) is 0 Å². The topological polar surface area (TPSA) is 77.5 Å². The third kappa shape index (κ3) is 2.89. The van der Waals surface area contributed by atoms with Crippen molar-refractivity contribution in [3.63, 3.8) is 0 Å². The van der Waals surface area contributed by atoms with E-state index in [0.717, 1.165) is 17.6 Å². The number of carbonyl (C=O) groups excluding carboxylic acids is 4. The molecule has 0 aromatic carbocycles. The van der Waals surface area contributed by atoms with Gasteiger partial charge in [-0.1, -0.05) is 38.5 Å². The lowest BCUT2D eigenvalue weighted by atomic mass is 9.48. The number of ketones is 3. The summed E-state index contributed by atoms with van der Waals surface area (Å²) in [5.41, 5.74) is 1.06. The SMILES string of the molecule is CC(=O)OCC(=O)[C@H]1C(C)C[C@H]2[C@@H]3C=C(C)C4=CC(=O)C=C[C@]4(C)[C@H]3C(=O)C[C@]12C. The van der Waals surface area contributed by atoms with Crippen LogP contribution in [0, 0.1) is 40.4 Å². The molecule has 0 radical (unpaired) electrons. The number of hydrogen-bond donors (Lipinski definition) is 0. The van der Waals surface area contributed by atoms with E-state index in [1.807, 2.05) is 13.0 Å². The highest BCUT2D eigenvalue weighted by Gasteiger charge is 2.64. The Bertz CT molecular complexity index is 937. The lowest BCUT2D eigenvalue weighted by Crippen LogP contribution is -2.54. The van der Waals surface area contributed by atoms with E-state index >= 15 is 0 Å². The number of ether oxygens (including phenoxy) is 1. The van der Waals surface area contributed by atoms with Gasteiger partial charge in [0.1, 0.15) is 12.4 Å². The van der Waals surface area contributed by atoms with E-state index in [1.165, 1.54) is 6.92 Å². The highest BCUT2D eigenvalue weighted by molar-refractivity contribution is 6.02. The van der Waals surface area contributed by atoms with Crippen LogP contribution in [-0.2, 0) is 23.9 Å². The molecule has 0 aromatic heterocycles. The molecular formula is C25H30O5. The Morgan fingerprint density at radius 2 is 1.93 bits per heavy atom. The molecule has 4 rings (SSSR count). The van der Waals surface area contributed by atoms with Gasteiger partial charge < -0.3 is 4.74 Å². The second kappa shape index (κ2) is 6.86. The third-order valence-electron chi connectivity index (χ3n) is 8.24. The van der Waals surface area contributed by atoms with E-state index < -0.39 is 16.8 Å². The van der Waals surface area contributed by atoms with Gasteiger partial charge in [-0.05, 0) is 54.2 Å². The van der Waals surface area contributed by atoms with Crippen LogP contribution in [0.1, 0.15) is 47.5 Å². The molecule has 0 bridgehead atoms. The van der Waals surface area contributed by atoms with Gasteiger partial charge in [0, 0.05) is 30.6 Å². The molecular weight excluding hydrogens is 380 g/mol. The molecule has 4 aliphatic carbocycles. The molecule has 0 heterocycles. The third-order valence-corrected chi connectivity index (χ3v) is 8.24. The van der Waals surface area contributed by atoms with Crippen molar-refractivity contribution in [2.75, 3.05) is 6.61 Å². The van der Waals surface area contributed by atoms with Gasteiger partial charge in [0.15, 0.2) is 11.6 Å². The fourth-order valence-electron chi connectivity index (χ4n) is 7.23. The van der Waals surface area contributed by atoms with E-state index in [4.69, 9.17) is 4.74 Å². The van der Waals surface area contributed by atoms with Crippen LogP contribution in [-0.4, -0.2) is 29.9 Å². The number of Topliss-reactive ketones (excluding diaryl/α,β-unsaturated/α-hetero) is 2. The molecule has 2 saturated carbocycles. The zero-order valence-electron chi connectivity index (χ0n) is 18.4. The first-order chi connectivity index (χ1) is 14.0. The molecule has 0 spiro atoms. The van der Waals surface area contributed by atoms with Crippen LogP contribution in [0.5, 0.6) is 0 Å². The monoisotopic (exact) mass is 410 g/mol. The first-order valence-electron chi connectivity index (χ1n) is 10.8. The Hall–Kier alpha value is -2.30. The number of esters is 1. The first-order valence-corrected chi connectivity index (χ1v) is 10.8. The lowest BCUT2D eigenvalue weighted by molar-refractivity contribution is -0.151. The Kier molecular flexibility index (Phi) is 4.79. The summed E-state index contributed by atoms with van der Waals surface area (Å²) < 4.78 is 5.00. The molecule has 0 saturated heterocycles. The minimum atomic E-state index is -0.487. The van der Waals surface area contributed by atoms with Gasteiger partial charge in [-0.3, -0.25) is 19.2 Å². The molecule has 4 aliphatic rings. The maximum Gasteiger partial charge on any atom is 0.303 e. The van der Waals surface area contributed by atoms with E-state index in [1.54, 1.807) is 12.2 Å². The summed E-state index contributed by atoms with van der Waals surface area (Å²) in [6, 6.07) is 0. The smallest absolute Gasteiger partial charge is 0.303 e. The minimum absolute atomic E-state index is 0.0326. The number of hydrogen-bond acceptors (Lipinski definition) is 5. The summed E-state index contributed by atoms with van der Waals surface area (Å²) in [4.78, 5) is 49.8. The van der Waals surface area contributed by atoms with Crippen molar-refractivity contribution < 1.29 is 23.9 Å². The molecule has 7 atom stereocenters. The second-order valence-electron chi connectivity index (χ2n) is 10.2. The summed E-state index contributed by atoms with van der Waals surface area (Å²) in [5, 5.41) is 0. The molecule has 160 valence electrons. The number of carbonyl (C=O) groups is 4. The average Bonchev–Trinajstić information content (AvgIpc) is 2.91. The fraction of sp³-hybridized carbons (Fsp3) is 0.600. The Labute approximate surface area is 177 Å². The maximum atomic E-state index is 13.6. The molecule has 0 aliphatic heterocycles. The van der Waals surface area contributed by atoms with Crippen molar-refractivity contribution in [2.24, 2.45) is 40.4 Å². The van der Waals surface area contributed by atoms with E-state index in [0.29, 0.717) is 6.42 Å². The maximum absolute atomic E-state index is 13.6. The average molecular weight is 411 g/mol. The van der Waals surface area contributed by atoms with Crippen LogP contribution in [0.2, 0.25) is 0 Å². The summed E-state index contributed by atoms with van der Waals surface area (Å²) >= 11 is 0. The lowest BCUT2D eigenvalue weighted by Gasteiger charge is -2.54. The van der Waals surface area contributed by atoms with Crippen LogP contribution >= 0.6 is 0 Å². The van der Waals surface area contributed by atoms with Crippen molar-refractivity contribution in [1.82, 2.24) is 0 Å². The standard InChI is InChI=1S/C25H30O5/c1-13-8-17-19-9-14(2)22(21(29)12-30-15(3)26)25(19,5)11-20(28)23(17)24(4)7-6-16(27)10-18(13)24/h6-8,10,14,17,19,22-23H,9,11-12H2,1-5H3/t14?,17-,19-,22+,23+,24-,25-/m0/s1. The molecule has 5 heteroatoms. The number of rotatable bonds is 3. The summed E-state index contributed by atoms with van der Waals surface area (Å²) in [5.74, 6) is -0.588. The Morgan fingerprint density at radius 3 is 2.60 bits per heavy atom. The van der Waals surface area contributed by atoms with Gasteiger partial charge in [0.2, 0.25) is 0 Å². The second-order valence-corrected chi connectivity index (χ2v) is 10.2. The molecule has 0 aromatic rings. The molecule has 5 nitrogen and oxygen atoms in total. The highest BCUT2D eigenvalue weighted by Crippen LogP contribution is 2.65.